The maximum Gasteiger partial charge on any atom is 1.00 e. The van der Waals surface area contributed by atoms with Crippen molar-refractivity contribution in [3.8, 4) is 0 Å². The summed E-state index contributed by atoms with van der Waals surface area (Å²) in [5, 5.41) is 4.45. The van der Waals surface area contributed by atoms with Gasteiger partial charge in [0.1, 0.15) is 0 Å². The monoisotopic (exact) mass is 218 g/mol. The molecule has 86 valence electrons. The van der Waals surface area contributed by atoms with Crippen molar-refractivity contribution < 1.29 is 28.3 Å². The number of nitrogens with zero attached hydrogens (tertiary/aromatic N) is 2. The van der Waals surface area contributed by atoms with E-state index in [2.05, 4.69) is 24.2 Å². The molecule has 16 heavy (non-hydrogen) atoms. The molecule has 0 aromatic carbocycles. The van der Waals surface area contributed by atoms with Crippen LogP contribution in [0.3, 0.4) is 0 Å². The van der Waals surface area contributed by atoms with Gasteiger partial charge in [-0.05, 0) is 19.9 Å². The second-order valence-corrected chi connectivity index (χ2v) is 3.62. The molecule has 0 spiro atoms. The molecule has 0 N–H and O–H groups in total. The first-order chi connectivity index (χ1) is 7.19. The standard InChI is InChI=1S/C11H19N2O2.Li/c1-5-14-9-7-12-11(15-6-2)10(13-9)8(3)4;/h7-8,10H,5-6H2,1-4H3;/q-1;+1/t10-;/m0./s1. The molecule has 0 aliphatic carbocycles. The van der Waals surface area contributed by atoms with Crippen LogP contribution in [0, 0.1) is 5.92 Å². The zero-order valence-corrected chi connectivity index (χ0v) is 10.9. The van der Waals surface area contributed by atoms with Crippen LogP contribution in [0.2, 0.25) is 0 Å². The van der Waals surface area contributed by atoms with Gasteiger partial charge in [0.25, 0.3) is 0 Å². The van der Waals surface area contributed by atoms with Crippen LogP contribution >= 0.6 is 0 Å². The van der Waals surface area contributed by atoms with E-state index in [1.54, 1.807) is 6.20 Å². The molecule has 0 saturated heterocycles. The molecular weight excluding hydrogens is 199 g/mol. The van der Waals surface area contributed by atoms with E-state index in [1.165, 1.54) is 0 Å². The summed E-state index contributed by atoms with van der Waals surface area (Å²) in [5.41, 5.74) is 0. The first kappa shape index (κ1) is 15.4. The fourth-order valence-corrected chi connectivity index (χ4v) is 1.35. The molecule has 0 aromatic heterocycles. The van der Waals surface area contributed by atoms with Gasteiger partial charge in [-0.2, -0.15) is 0 Å². The Bertz CT molecular complexity index is 265. The molecule has 1 atom stereocenters. The summed E-state index contributed by atoms with van der Waals surface area (Å²) >= 11 is 0. The zero-order valence-electron chi connectivity index (χ0n) is 10.9. The molecule has 4 nitrogen and oxygen atoms in total. The fourth-order valence-electron chi connectivity index (χ4n) is 1.35. The summed E-state index contributed by atoms with van der Waals surface area (Å²) in [7, 11) is 0. The molecule has 0 fully saturated rings. The SMILES string of the molecule is CCOC1=CN=C(OCC)[C@H](C(C)C)[N-]1.[Li+]. The van der Waals surface area contributed by atoms with Gasteiger partial charge >= 0.3 is 18.9 Å². The molecule has 5 heteroatoms. The molecule has 1 aliphatic rings. The van der Waals surface area contributed by atoms with E-state index in [9.17, 15) is 0 Å². The Morgan fingerprint density at radius 3 is 2.44 bits per heavy atom. The van der Waals surface area contributed by atoms with E-state index in [0.29, 0.717) is 30.9 Å². The van der Waals surface area contributed by atoms with Crippen molar-refractivity contribution in [1.82, 2.24) is 0 Å². The Hall–Kier alpha value is -0.593. The van der Waals surface area contributed by atoms with Crippen LogP contribution in [0.25, 0.3) is 5.32 Å². The van der Waals surface area contributed by atoms with Gasteiger partial charge in [-0.1, -0.05) is 19.8 Å². The minimum absolute atomic E-state index is 0. The normalized spacial score (nSPS) is 19.2. The minimum atomic E-state index is -0.0171. The van der Waals surface area contributed by atoms with Gasteiger partial charge in [-0.15, -0.1) is 0 Å². The summed E-state index contributed by atoms with van der Waals surface area (Å²) in [6.45, 7) is 9.30. The number of rotatable bonds is 4. The molecule has 0 amide bonds. The fraction of sp³-hybridized carbons (Fsp3) is 0.727. The van der Waals surface area contributed by atoms with Crippen LogP contribution in [0.4, 0.5) is 0 Å². The molecule has 0 bridgehead atoms. The molecular formula is C11H19LiN2O2. The van der Waals surface area contributed by atoms with Crippen LogP contribution in [0.15, 0.2) is 17.1 Å². The van der Waals surface area contributed by atoms with Crippen molar-refractivity contribution >= 4 is 5.90 Å². The zero-order chi connectivity index (χ0) is 11.3. The van der Waals surface area contributed by atoms with Crippen LogP contribution in [0.5, 0.6) is 0 Å². The first-order valence-electron chi connectivity index (χ1n) is 5.43. The largest absolute Gasteiger partial charge is 1.00 e. The van der Waals surface area contributed by atoms with Crippen LogP contribution in [-0.2, 0) is 9.47 Å². The molecule has 0 saturated carbocycles. The molecule has 1 rings (SSSR count). The number of hydrogen-bond acceptors (Lipinski definition) is 3. The van der Waals surface area contributed by atoms with Gasteiger partial charge in [0.05, 0.1) is 19.4 Å². The summed E-state index contributed by atoms with van der Waals surface area (Å²) in [5.74, 6) is 1.65. The van der Waals surface area contributed by atoms with E-state index in [-0.39, 0.29) is 24.9 Å². The average molecular weight is 218 g/mol. The van der Waals surface area contributed by atoms with E-state index in [4.69, 9.17) is 9.47 Å². The van der Waals surface area contributed by atoms with E-state index in [1.807, 2.05) is 13.8 Å². The van der Waals surface area contributed by atoms with Crippen molar-refractivity contribution in [3.63, 3.8) is 0 Å². The maximum absolute atomic E-state index is 5.44. The minimum Gasteiger partial charge on any atom is -0.642 e. The second kappa shape index (κ2) is 7.64. The molecule has 0 aromatic rings. The Morgan fingerprint density at radius 1 is 1.31 bits per heavy atom. The van der Waals surface area contributed by atoms with E-state index >= 15 is 0 Å². The van der Waals surface area contributed by atoms with E-state index in [0.717, 1.165) is 0 Å². The predicted octanol–water partition coefficient (Wildman–Crippen LogP) is -0.327. The van der Waals surface area contributed by atoms with Gasteiger partial charge in [-0.25, -0.2) is 4.99 Å². The van der Waals surface area contributed by atoms with Crippen LogP contribution < -0.4 is 18.9 Å². The molecule has 1 aliphatic heterocycles. The maximum atomic E-state index is 5.44. The van der Waals surface area contributed by atoms with Crippen molar-refractivity contribution in [3.05, 3.63) is 17.4 Å². The Labute approximate surface area is 110 Å². The van der Waals surface area contributed by atoms with Crippen LogP contribution in [-0.4, -0.2) is 25.2 Å². The number of aliphatic imine (C=N–C) groups is 1. The first-order valence-corrected chi connectivity index (χ1v) is 5.43. The van der Waals surface area contributed by atoms with Crippen LogP contribution in [0.1, 0.15) is 27.7 Å². The van der Waals surface area contributed by atoms with Gasteiger partial charge < -0.3 is 14.8 Å². The Kier molecular flexibility index (Phi) is 7.36. The van der Waals surface area contributed by atoms with Gasteiger partial charge in [-0.3, -0.25) is 0 Å². The van der Waals surface area contributed by atoms with E-state index < -0.39 is 0 Å². The van der Waals surface area contributed by atoms with Crippen molar-refractivity contribution in [1.29, 1.82) is 0 Å². The Balaban J connectivity index is 0.00000225. The van der Waals surface area contributed by atoms with Gasteiger partial charge in [0, 0.05) is 5.88 Å². The topological polar surface area (TPSA) is 44.9 Å². The smallest absolute Gasteiger partial charge is 0.642 e. The predicted molar refractivity (Wildman–Crippen MR) is 60.8 cm³/mol. The van der Waals surface area contributed by atoms with Crippen molar-refractivity contribution in [2.75, 3.05) is 13.2 Å². The Morgan fingerprint density at radius 2 is 1.94 bits per heavy atom. The number of hydrogen-bond donors (Lipinski definition) is 0. The molecule has 0 radical (unpaired) electrons. The summed E-state index contributed by atoms with van der Waals surface area (Å²) < 4.78 is 10.8. The quantitative estimate of drug-likeness (QED) is 0.607. The van der Waals surface area contributed by atoms with Crippen molar-refractivity contribution in [2.45, 2.75) is 33.7 Å². The molecule has 0 unspecified atom stereocenters. The second-order valence-electron chi connectivity index (χ2n) is 3.62. The number of ether oxygens (including phenoxy) is 2. The summed E-state index contributed by atoms with van der Waals surface area (Å²) in [6.07, 6.45) is 1.62. The summed E-state index contributed by atoms with van der Waals surface area (Å²) in [6, 6.07) is -0.0171. The third-order valence-corrected chi connectivity index (χ3v) is 2.04. The van der Waals surface area contributed by atoms with Gasteiger partial charge in [0.2, 0.25) is 0 Å². The third-order valence-electron chi connectivity index (χ3n) is 2.04. The summed E-state index contributed by atoms with van der Waals surface area (Å²) in [4.78, 5) is 4.24. The average Bonchev–Trinajstić information content (AvgIpc) is 2.21. The third kappa shape index (κ3) is 4.11. The molecule has 1 heterocycles. The van der Waals surface area contributed by atoms with Crippen molar-refractivity contribution in [2.24, 2.45) is 10.9 Å². The van der Waals surface area contributed by atoms with Gasteiger partial charge in [0.15, 0.2) is 5.90 Å².